The molecule has 1 saturated heterocycles. The van der Waals surface area contributed by atoms with Crippen LogP contribution in [-0.2, 0) is 6.54 Å². The fraction of sp³-hybridized carbons (Fsp3) is 0.316. The van der Waals surface area contributed by atoms with Gasteiger partial charge in [0.05, 0.1) is 15.6 Å². The molecule has 0 bridgehead atoms. The smallest absolute Gasteiger partial charge is 0.257 e. The molecule has 1 amide bonds. The van der Waals surface area contributed by atoms with Crippen LogP contribution in [0.3, 0.4) is 0 Å². The quantitative estimate of drug-likeness (QED) is 0.807. The fourth-order valence-electron chi connectivity index (χ4n) is 2.95. The van der Waals surface area contributed by atoms with Crippen molar-refractivity contribution < 1.29 is 4.79 Å². The molecule has 0 spiro atoms. The standard InChI is InChI=1S/C19H20Cl2N2O/c20-17-6-4-5-16(18(17)21)19(24)22-15-9-7-14(8-10-15)13-23-11-2-1-3-12-23/h4-10H,1-3,11-13H2,(H,22,24). The van der Waals surface area contributed by atoms with Crippen molar-refractivity contribution in [2.75, 3.05) is 18.4 Å². The van der Waals surface area contributed by atoms with Crippen molar-refractivity contribution in [2.45, 2.75) is 25.8 Å². The van der Waals surface area contributed by atoms with E-state index in [4.69, 9.17) is 23.2 Å². The second kappa shape index (κ2) is 8.02. The summed E-state index contributed by atoms with van der Waals surface area (Å²) in [6.07, 6.45) is 3.91. The van der Waals surface area contributed by atoms with Crippen molar-refractivity contribution in [3.63, 3.8) is 0 Å². The highest BCUT2D eigenvalue weighted by molar-refractivity contribution is 6.44. The molecule has 3 nitrogen and oxygen atoms in total. The molecule has 0 atom stereocenters. The molecule has 126 valence electrons. The van der Waals surface area contributed by atoms with Crippen molar-refractivity contribution >= 4 is 34.8 Å². The van der Waals surface area contributed by atoms with Gasteiger partial charge in [0.1, 0.15) is 0 Å². The molecule has 2 aromatic rings. The number of nitrogens with one attached hydrogen (secondary N) is 1. The molecular weight excluding hydrogens is 343 g/mol. The van der Waals surface area contributed by atoms with E-state index in [2.05, 4.69) is 22.3 Å². The van der Waals surface area contributed by atoms with Gasteiger partial charge in [0.25, 0.3) is 5.91 Å². The van der Waals surface area contributed by atoms with Crippen molar-refractivity contribution in [1.82, 2.24) is 4.90 Å². The second-order valence-electron chi connectivity index (χ2n) is 6.09. The summed E-state index contributed by atoms with van der Waals surface area (Å²) in [6.45, 7) is 3.31. The third-order valence-electron chi connectivity index (χ3n) is 4.26. The van der Waals surface area contributed by atoms with E-state index in [1.807, 2.05) is 12.1 Å². The molecule has 0 unspecified atom stereocenters. The number of anilines is 1. The number of carbonyl (C=O) groups excluding carboxylic acids is 1. The van der Waals surface area contributed by atoms with Crippen molar-refractivity contribution in [3.05, 3.63) is 63.6 Å². The fourth-order valence-corrected chi connectivity index (χ4v) is 3.33. The topological polar surface area (TPSA) is 32.3 Å². The summed E-state index contributed by atoms with van der Waals surface area (Å²) in [5.74, 6) is -0.258. The van der Waals surface area contributed by atoms with Gasteiger partial charge >= 0.3 is 0 Å². The lowest BCUT2D eigenvalue weighted by Crippen LogP contribution is -2.29. The average Bonchev–Trinajstić information content (AvgIpc) is 2.60. The van der Waals surface area contributed by atoms with Gasteiger partial charge in [-0.1, -0.05) is 47.8 Å². The number of hydrogen-bond acceptors (Lipinski definition) is 2. The van der Waals surface area contributed by atoms with Crippen molar-refractivity contribution in [1.29, 1.82) is 0 Å². The largest absolute Gasteiger partial charge is 0.322 e. The monoisotopic (exact) mass is 362 g/mol. The molecule has 2 aromatic carbocycles. The number of nitrogens with zero attached hydrogens (tertiary/aromatic N) is 1. The minimum absolute atomic E-state index is 0.258. The Morgan fingerprint density at radius 3 is 2.42 bits per heavy atom. The summed E-state index contributed by atoms with van der Waals surface area (Å²) >= 11 is 12.0. The number of carbonyl (C=O) groups is 1. The van der Waals surface area contributed by atoms with Crippen molar-refractivity contribution in [2.24, 2.45) is 0 Å². The molecule has 1 fully saturated rings. The van der Waals surface area contributed by atoms with Crippen LogP contribution in [0.1, 0.15) is 35.2 Å². The van der Waals surface area contributed by atoms with E-state index in [-0.39, 0.29) is 10.9 Å². The van der Waals surface area contributed by atoms with E-state index in [0.29, 0.717) is 10.6 Å². The summed E-state index contributed by atoms with van der Waals surface area (Å²) < 4.78 is 0. The summed E-state index contributed by atoms with van der Waals surface area (Å²) in [5.41, 5.74) is 2.38. The Kier molecular flexibility index (Phi) is 5.77. The Morgan fingerprint density at radius 1 is 1.00 bits per heavy atom. The maximum absolute atomic E-state index is 12.3. The van der Waals surface area contributed by atoms with Crippen LogP contribution < -0.4 is 5.32 Å². The zero-order valence-electron chi connectivity index (χ0n) is 13.4. The lowest BCUT2D eigenvalue weighted by atomic mass is 10.1. The van der Waals surface area contributed by atoms with Gasteiger partial charge in [-0.05, 0) is 55.8 Å². The van der Waals surface area contributed by atoms with Crippen LogP contribution in [0.15, 0.2) is 42.5 Å². The number of piperidine rings is 1. The molecule has 0 aromatic heterocycles. The lowest BCUT2D eigenvalue weighted by Gasteiger charge is -2.26. The molecule has 1 aliphatic rings. The first-order valence-electron chi connectivity index (χ1n) is 8.20. The first-order chi connectivity index (χ1) is 11.6. The van der Waals surface area contributed by atoms with Gasteiger partial charge in [-0.3, -0.25) is 9.69 Å². The van der Waals surface area contributed by atoms with Crippen LogP contribution in [0.5, 0.6) is 0 Å². The van der Waals surface area contributed by atoms with Gasteiger partial charge in [0.2, 0.25) is 0 Å². The molecule has 5 heteroatoms. The number of hydrogen-bond donors (Lipinski definition) is 1. The summed E-state index contributed by atoms with van der Waals surface area (Å²) in [7, 11) is 0. The minimum atomic E-state index is -0.258. The Morgan fingerprint density at radius 2 is 1.71 bits per heavy atom. The Balaban J connectivity index is 1.63. The highest BCUT2D eigenvalue weighted by Gasteiger charge is 2.13. The number of benzene rings is 2. The van der Waals surface area contributed by atoms with Crippen molar-refractivity contribution in [3.8, 4) is 0 Å². The SMILES string of the molecule is O=C(Nc1ccc(CN2CCCCC2)cc1)c1cccc(Cl)c1Cl. The number of rotatable bonds is 4. The summed E-state index contributed by atoms with van der Waals surface area (Å²) in [6, 6.07) is 13.0. The molecule has 0 radical (unpaired) electrons. The average molecular weight is 363 g/mol. The second-order valence-corrected chi connectivity index (χ2v) is 6.87. The van der Waals surface area contributed by atoms with Crippen LogP contribution in [-0.4, -0.2) is 23.9 Å². The number of halogens is 2. The van der Waals surface area contributed by atoms with E-state index in [1.54, 1.807) is 18.2 Å². The first-order valence-corrected chi connectivity index (χ1v) is 8.96. The van der Waals surface area contributed by atoms with E-state index in [1.165, 1.54) is 37.9 Å². The predicted octanol–water partition coefficient (Wildman–Crippen LogP) is 5.23. The third kappa shape index (κ3) is 4.29. The lowest BCUT2D eigenvalue weighted by molar-refractivity contribution is 0.102. The molecule has 1 heterocycles. The zero-order valence-corrected chi connectivity index (χ0v) is 14.9. The molecular formula is C19H20Cl2N2O. The van der Waals surface area contributed by atoms with Crippen LogP contribution in [0.4, 0.5) is 5.69 Å². The summed E-state index contributed by atoms with van der Waals surface area (Å²) in [5, 5.41) is 3.51. The van der Waals surface area contributed by atoms with Gasteiger partial charge in [0, 0.05) is 12.2 Å². The van der Waals surface area contributed by atoms with Crippen LogP contribution in [0, 0.1) is 0 Å². The highest BCUT2D eigenvalue weighted by Crippen LogP contribution is 2.26. The van der Waals surface area contributed by atoms with Gasteiger partial charge in [-0.25, -0.2) is 0 Å². The summed E-state index contributed by atoms with van der Waals surface area (Å²) in [4.78, 5) is 14.8. The van der Waals surface area contributed by atoms with Crippen LogP contribution >= 0.6 is 23.2 Å². The van der Waals surface area contributed by atoms with E-state index in [0.717, 1.165) is 12.2 Å². The van der Waals surface area contributed by atoms with Gasteiger partial charge in [-0.2, -0.15) is 0 Å². The predicted molar refractivity (Wildman–Crippen MR) is 100.0 cm³/mol. The van der Waals surface area contributed by atoms with Gasteiger partial charge < -0.3 is 5.32 Å². The van der Waals surface area contributed by atoms with Crippen LogP contribution in [0.2, 0.25) is 10.0 Å². The molecule has 24 heavy (non-hydrogen) atoms. The normalized spacial score (nSPS) is 15.2. The Labute approximate surface area is 152 Å². The number of likely N-dealkylation sites (tertiary alicyclic amines) is 1. The third-order valence-corrected chi connectivity index (χ3v) is 5.08. The molecule has 0 saturated carbocycles. The highest BCUT2D eigenvalue weighted by atomic mass is 35.5. The van der Waals surface area contributed by atoms with E-state index < -0.39 is 0 Å². The van der Waals surface area contributed by atoms with Crippen LogP contribution in [0.25, 0.3) is 0 Å². The zero-order chi connectivity index (χ0) is 16.9. The van der Waals surface area contributed by atoms with E-state index in [9.17, 15) is 4.79 Å². The Hall–Kier alpha value is -1.55. The minimum Gasteiger partial charge on any atom is -0.322 e. The van der Waals surface area contributed by atoms with E-state index >= 15 is 0 Å². The first kappa shape index (κ1) is 17.3. The maximum Gasteiger partial charge on any atom is 0.257 e. The molecule has 1 N–H and O–H groups in total. The molecule has 1 aliphatic heterocycles. The van der Waals surface area contributed by atoms with Gasteiger partial charge in [0.15, 0.2) is 0 Å². The Bertz CT molecular complexity index is 710. The molecule has 0 aliphatic carbocycles. The maximum atomic E-state index is 12.3. The van der Waals surface area contributed by atoms with Gasteiger partial charge in [-0.15, -0.1) is 0 Å². The molecule has 3 rings (SSSR count). The number of amides is 1.